The van der Waals surface area contributed by atoms with Gasteiger partial charge < -0.3 is 4.74 Å². The van der Waals surface area contributed by atoms with Crippen molar-refractivity contribution < 1.29 is 9.53 Å². The number of rotatable bonds is 2. The highest BCUT2D eigenvalue weighted by Crippen LogP contribution is 2.30. The molecule has 0 saturated heterocycles. The van der Waals surface area contributed by atoms with Gasteiger partial charge >= 0.3 is 0 Å². The Hall–Kier alpha value is -1.87. The van der Waals surface area contributed by atoms with Crippen LogP contribution in [-0.2, 0) is 6.42 Å². The van der Waals surface area contributed by atoms with E-state index in [4.69, 9.17) is 4.74 Å². The van der Waals surface area contributed by atoms with Gasteiger partial charge in [0.05, 0.1) is 5.56 Å². The van der Waals surface area contributed by atoms with Crippen molar-refractivity contribution in [3.05, 3.63) is 69.2 Å². The fourth-order valence-electron chi connectivity index (χ4n) is 2.36. The topological polar surface area (TPSA) is 26.3 Å². The highest BCUT2D eigenvalue weighted by molar-refractivity contribution is 9.10. The molecule has 0 radical (unpaired) electrons. The van der Waals surface area contributed by atoms with Gasteiger partial charge in [-0.25, -0.2) is 0 Å². The zero-order chi connectivity index (χ0) is 14.8. The number of halogens is 1. The van der Waals surface area contributed by atoms with E-state index < -0.39 is 0 Å². The van der Waals surface area contributed by atoms with E-state index in [1.54, 1.807) is 0 Å². The van der Waals surface area contributed by atoms with E-state index in [9.17, 15) is 4.79 Å². The molecule has 2 nitrogen and oxygen atoms in total. The van der Waals surface area contributed by atoms with Crippen LogP contribution < -0.4 is 4.74 Å². The summed E-state index contributed by atoms with van der Waals surface area (Å²) in [4.78, 5) is 12.5. The third kappa shape index (κ3) is 2.93. The standard InChI is InChI=1S/C18H15BrO2/c1-2-12-3-5-13(6-4-12)9-14-11-21-17-8-7-15(19)10-16(17)18(14)20/h3-10H,2,11H2,1H3/b14-9+. The lowest BCUT2D eigenvalue weighted by atomic mass is 9.98. The Morgan fingerprint density at radius 1 is 1.19 bits per heavy atom. The summed E-state index contributed by atoms with van der Waals surface area (Å²) >= 11 is 3.39. The molecule has 0 unspecified atom stereocenters. The van der Waals surface area contributed by atoms with Gasteiger partial charge in [0.25, 0.3) is 0 Å². The molecule has 0 aliphatic carbocycles. The maximum Gasteiger partial charge on any atom is 0.196 e. The van der Waals surface area contributed by atoms with E-state index >= 15 is 0 Å². The Balaban J connectivity index is 1.93. The molecule has 1 aliphatic rings. The first-order chi connectivity index (χ1) is 10.2. The lowest BCUT2D eigenvalue weighted by Crippen LogP contribution is -2.18. The van der Waals surface area contributed by atoms with Crippen molar-refractivity contribution in [3.8, 4) is 5.75 Å². The fourth-order valence-corrected chi connectivity index (χ4v) is 2.72. The van der Waals surface area contributed by atoms with E-state index in [1.807, 2.05) is 36.4 Å². The summed E-state index contributed by atoms with van der Waals surface area (Å²) in [5.41, 5.74) is 3.62. The first-order valence-corrected chi connectivity index (χ1v) is 7.73. The molecule has 0 N–H and O–H groups in total. The van der Waals surface area contributed by atoms with Crippen molar-refractivity contribution in [2.45, 2.75) is 13.3 Å². The van der Waals surface area contributed by atoms with Crippen LogP contribution in [0.2, 0.25) is 0 Å². The van der Waals surface area contributed by atoms with Crippen LogP contribution in [0.25, 0.3) is 6.08 Å². The molecule has 3 rings (SSSR count). The summed E-state index contributed by atoms with van der Waals surface area (Å²) in [5, 5.41) is 0. The SMILES string of the molecule is CCc1ccc(/C=C2\COc3ccc(Br)cc3C2=O)cc1. The molecular formula is C18H15BrO2. The third-order valence-corrected chi connectivity index (χ3v) is 4.08. The first-order valence-electron chi connectivity index (χ1n) is 6.94. The summed E-state index contributed by atoms with van der Waals surface area (Å²) in [5.74, 6) is 0.693. The van der Waals surface area contributed by atoms with Crippen molar-refractivity contribution >= 4 is 27.8 Å². The lowest BCUT2D eigenvalue weighted by molar-refractivity contribution is 0.100. The summed E-state index contributed by atoms with van der Waals surface area (Å²) in [6, 6.07) is 13.8. The molecule has 1 heterocycles. The molecule has 2 aromatic carbocycles. The van der Waals surface area contributed by atoms with Gasteiger partial charge in [-0.05, 0) is 41.8 Å². The molecule has 0 spiro atoms. The van der Waals surface area contributed by atoms with E-state index in [2.05, 4.69) is 35.0 Å². The fraction of sp³-hybridized carbons (Fsp3) is 0.167. The monoisotopic (exact) mass is 342 g/mol. The molecular weight excluding hydrogens is 328 g/mol. The molecule has 3 heteroatoms. The van der Waals surface area contributed by atoms with Crippen LogP contribution in [0.15, 0.2) is 52.5 Å². The Morgan fingerprint density at radius 2 is 1.95 bits per heavy atom. The molecule has 106 valence electrons. The van der Waals surface area contributed by atoms with Gasteiger partial charge in [0.2, 0.25) is 0 Å². The number of carbonyl (C=O) groups is 1. The molecule has 2 aromatic rings. The molecule has 0 amide bonds. The third-order valence-electron chi connectivity index (χ3n) is 3.59. The second-order valence-corrected chi connectivity index (χ2v) is 5.94. The predicted molar refractivity (Wildman–Crippen MR) is 87.8 cm³/mol. The quantitative estimate of drug-likeness (QED) is 0.741. The zero-order valence-electron chi connectivity index (χ0n) is 11.7. The van der Waals surface area contributed by atoms with Gasteiger partial charge in [-0.15, -0.1) is 0 Å². The molecule has 0 bridgehead atoms. The van der Waals surface area contributed by atoms with E-state index in [-0.39, 0.29) is 5.78 Å². The largest absolute Gasteiger partial charge is 0.488 e. The normalized spacial score (nSPS) is 15.7. The number of hydrogen-bond donors (Lipinski definition) is 0. The van der Waals surface area contributed by atoms with Crippen LogP contribution in [-0.4, -0.2) is 12.4 Å². The number of Topliss-reactive ketones (excluding diaryl/α,β-unsaturated/α-hetero) is 1. The van der Waals surface area contributed by atoms with Crippen LogP contribution in [0.5, 0.6) is 5.75 Å². The van der Waals surface area contributed by atoms with E-state index in [0.29, 0.717) is 23.5 Å². The van der Waals surface area contributed by atoms with Crippen molar-refractivity contribution in [1.29, 1.82) is 0 Å². The lowest BCUT2D eigenvalue weighted by Gasteiger charge is -2.19. The van der Waals surface area contributed by atoms with Crippen molar-refractivity contribution in [2.75, 3.05) is 6.61 Å². The van der Waals surface area contributed by atoms with E-state index in [1.165, 1.54) is 5.56 Å². The van der Waals surface area contributed by atoms with Crippen LogP contribution in [0, 0.1) is 0 Å². The zero-order valence-corrected chi connectivity index (χ0v) is 13.3. The average molecular weight is 343 g/mol. The second kappa shape index (κ2) is 5.86. The second-order valence-electron chi connectivity index (χ2n) is 5.02. The number of fused-ring (bicyclic) bond motifs is 1. The minimum absolute atomic E-state index is 0.0390. The summed E-state index contributed by atoms with van der Waals surface area (Å²) < 4.78 is 6.55. The Bertz CT molecular complexity index is 714. The van der Waals surface area contributed by atoms with Crippen molar-refractivity contribution in [2.24, 2.45) is 0 Å². The maximum atomic E-state index is 12.5. The highest BCUT2D eigenvalue weighted by Gasteiger charge is 2.23. The number of benzene rings is 2. The highest BCUT2D eigenvalue weighted by atomic mass is 79.9. The average Bonchev–Trinajstić information content (AvgIpc) is 2.51. The van der Waals surface area contributed by atoms with Crippen molar-refractivity contribution in [3.63, 3.8) is 0 Å². The number of aryl methyl sites for hydroxylation is 1. The minimum Gasteiger partial charge on any atom is -0.488 e. The summed E-state index contributed by atoms with van der Waals surface area (Å²) in [6.45, 7) is 2.45. The molecule has 0 atom stereocenters. The van der Waals surface area contributed by atoms with Gasteiger partial charge in [-0.3, -0.25) is 4.79 Å². The van der Waals surface area contributed by atoms with Gasteiger partial charge in [-0.2, -0.15) is 0 Å². The number of hydrogen-bond acceptors (Lipinski definition) is 2. The Kier molecular flexibility index (Phi) is 3.93. The molecule has 0 saturated carbocycles. The molecule has 0 fully saturated rings. The number of ketones is 1. The van der Waals surface area contributed by atoms with Crippen LogP contribution >= 0.6 is 15.9 Å². The number of carbonyl (C=O) groups excluding carboxylic acids is 1. The van der Waals surface area contributed by atoms with Gasteiger partial charge in [-0.1, -0.05) is 47.1 Å². The van der Waals surface area contributed by atoms with Gasteiger partial charge in [0.1, 0.15) is 12.4 Å². The van der Waals surface area contributed by atoms with Crippen LogP contribution in [0.4, 0.5) is 0 Å². The Morgan fingerprint density at radius 3 is 2.67 bits per heavy atom. The summed E-state index contributed by atoms with van der Waals surface area (Å²) in [7, 11) is 0. The first kappa shape index (κ1) is 14.1. The molecule has 0 aromatic heterocycles. The Labute approximate surface area is 132 Å². The summed E-state index contributed by atoms with van der Waals surface area (Å²) in [6.07, 6.45) is 2.92. The smallest absolute Gasteiger partial charge is 0.196 e. The number of ether oxygens (including phenoxy) is 1. The van der Waals surface area contributed by atoms with Gasteiger partial charge in [0.15, 0.2) is 5.78 Å². The van der Waals surface area contributed by atoms with Gasteiger partial charge in [0, 0.05) is 10.0 Å². The van der Waals surface area contributed by atoms with Crippen molar-refractivity contribution in [1.82, 2.24) is 0 Å². The van der Waals surface area contributed by atoms with E-state index in [0.717, 1.165) is 16.5 Å². The van der Waals surface area contributed by atoms with Crippen LogP contribution in [0.1, 0.15) is 28.4 Å². The molecule has 1 aliphatic heterocycles. The molecule has 21 heavy (non-hydrogen) atoms. The maximum absolute atomic E-state index is 12.5. The predicted octanol–water partition coefficient (Wildman–Crippen LogP) is 4.67. The van der Waals surface area contributed by atoms with Crippen LogP contribution in [0.3, 0.4) is 0 Å². The minimum atomic E-state index is 0.0390.